The zero-order valence-corrected chi connectivity index (χ0v) is 16.0. The number of hydrogen-bond acceptors (Lipinski definition) is 5. The van der Waals surface area contributed by atoms with Gasteiger partial charge in [-0.2, -0.15) is 5.10 Å². The van der Waals surface area contributed by atoms with E-state index in [-0.39, 0.29) is 5.91 Å². The maximum atomic E-state index is 12.4. The van der Waals surface area contributed by atoms with E-state index >= 15 is 0 Å². The molecule has 2 aromatic carbocycles. The maximum absolute atomic E-state index is 12.4. The molecule has 28 heavy (non-hydrogen) atoms. The molecular weight excluding hydrogens is 378 g/mol. The quantitative estimate of drug-likeness (QED) is 0.521. The zero-order valence-electron chi connectivity index (χ0n) is 15.2. The minimum Gasteiger partial charge on any atom is -0.440 e. The number of oxazole rings is 1. The van der Waals surface area contributed by atoms with Crippen molar-refractivity contribution in [1.29, 1.82) is 0 Å². The van der Waals surface area contributed by atoms with Crippen LogP contribution in [0.3, 0.4) is 0 Å². The number of nitrogens with one attached hydrogen (secondary N) is 2. The van der Waals surface area contributed by atoms with Gasteiger partial charge in [-0.3, -0.25) is 9.89 Å². The smallest absolute Gasteiger partial charge is 0.251 e. The predicted octanol–water partition coefficient (Wildman–Crippen LogP) is 3.47. The number of aromatic amines is 1. The molecular formula is C20H18ClN5O2. The maximum Gasteiger partial charge on any atom is 0.251 e. The fraction of sp³-hybridized carbons (Fsp3) is 0.200. The van der Waals surface area contributed by atoms with E-state index in [0.717, 1.165) is 11.4 Å². The lowest BCUT2D eigenvalue weighted by Gasteiger charge is -2.03. The summed E-state index contributed by atoms with van der Waals surface area (Å²) in [7, 11) is 0. The lowest BCUT2D eigenvalue weighted by atomic mass is 10.1. The van der Waals surface area contributed by atoms with Crippen LogP contribution in [0.1, 0.15) is 33.5 Å². The van der Waals surface area contributed by atoms with Crippen molar-refractivity contribution in [3.05, 3.63) is 76.2 Å². The number of amides is 1. The highest BCUT2D eigenvalue weighted by molar-refractivity contribution is 6.30. The van der Waals surface area contributed by atoms with E-state index < -0.39 is 0 Å². The molecule has 142 valence electrons. The van der Waals surface area contributed by atoms with Gasteiger partial charge in [0.15, 0.2) is 17.3 Å². The number of halogens is 1. The molecule has 0 aliphatic rings. The Morgan fingerprint density at radius 1 is 1.21 bits per heavy atom. The van der Waals surface area contributed by atoms with Crippen LogP contribution in [-0.2, 0) is 12.8 Å². The summed E-state index contributed by atoms with van der Waals surface area (Å²) in [5.41, 5.74) is 2.82. The molecule has 2 aromatic heterocycles. The second-order valence-corrected chi connectivity index (χ2v) is 6.88. The van der Waals surface area contributed by atoms with Crippen LogP contribution < -0.4 is 5.32 Å². The van der Waals surface area contributed by atoms with Crippen molar-refractivity contribution >= 4 is 28.6 Å². The Kier molecular flexibility index (Phi) is 5.08. The Morgan fingerprint density at radius 3 is 2.89 bits per heavy atom. The first-order valence-electron chi connectivity index (χ1n) is 8.87. The Morgan fingerprint density at radius 2 is 2.11 bits per heavy atom. The standard InChI is InChI=1S/C20H18ClN5O2/c1-12-23-18(26-25-12)7-8-22-20(27)14-5-6-16-17(11-14)28-19(24-16)10-13-3-2-4-15(21)9-13/h2-6,9,11H,7-8,10H2,1H3,(H,22,27)(H,23,25,26). The number of rotatable bonds is 6. The summed E-state index contributed by atoms with van der Waals surface area (Å²) in [5.74, 6) is 1.83. The van der Waals surface area contributed by atoms with Gasteiger partial charge in [0, 0.05) is 30.0 Å². The van der Waals surface area contributed by atoms with Crippen LogP contribution in [0.2, 0.25) is 5.02 Å². The van der Waals surface area contributed by atoms with Gasteiger partial charge in [0.25, 0.3) is 5.91 Å². The molecule has 2 N–H and O–H groups in total. The van der Waals surface area contributed by atoms with Crippen LogP contribution >= 0.6 is 11.6 Å². The van der Waals surface area contributed by atoms with Crippen LogP contribution in [0.5, 0.6) is 0 Å². The number of aromatic nitrogens is 4. The summed E-state index contributed by atoms with van der Waals surface area (Å²) in [6.07, 6.45) is 1.09. The summed E-state index contributed by atoms with van der Waals surface area (Å²) in [5, 5.41) is 10.4. The molecule has 0 unspecified atom stereocenters. The molecule has 1 amide bonds. The van der Waals surface area contributed by atoms with E-state index in [1.54, 1.807) is 18.2 Å². The second kappa shape index (κ2) is 7.82. The molecule has 0 aliphatic heterocycles. The Hall–Kier alpha value is -3.19. The van der Waals surface area contributed by atoms with Gasteiger partial charge in [-0.05, 0) is 42.8 Å². The van der Waals surface area contributed by atoms with Crippen LogP contribution in [0.15, 0.2) is 46.9 Å². The fourth-order valence-corrected chi connectivity index (χ4v) is 3.11. The van der Waals surface area contributed by atoms with E-state index in [2.05, 4.69) is 25.5 Å². The first kappa shape index (κ1) is 18.2. The van der Waals surface area contributed by atoms with E-state index in [1.165, 1.54) is 0 Å². The largest absolute Gasteiger partial charge is 0.440 e. The Labute approximate surface area is 166 Å². The second-order valence-electron chi connectivity index (χ2n) is 6.44. The van der Waals surface area contributed by atoms with Crippen molar-refractivity contribution in [2.24, 2.45) is 0 Å². The van der Waals surface area contributed by atoms with Gasteiger partial charge < -0.3 is 9.73 Å². The highest BCUT2D eigenvalue weighted by Crippen LogP contribution is 2.20. The van der Waals surface area contributed by atoms with Gasteiger partial charge in [0.2, 0.25) is 0 Å². The number of fused-ring (bicyclic) bond motifs is 1. The number of benzene rings is 2. The highest BCUT2D eigenvalue weighted by Gasteiger charge is 2.12. The average Bonchev–Trinajstić information content (AvgIpc) is 3.26. The molecule has 2 heterocycles. The molecule has 0 saturated heterocycles. The predicted molar refractivity (Wildman–Crippen MR) is 105 cm³/mol. The molecule has 8 heteroatoms. The van der Waals surface area contributed by atoms with E-state index in [4.69, 9.17) is 16.0 Å². The van der Waals surface area contributed by atoms with Crippen molar-refractivity contribution in [2.75, 3.05) is 6.54 Å². The number of aryl methyl sites for hydroxylation is 1. The number of carbonyl (C=O) groups is 1. The molecule has 0 saturated carbocycles. The zero-order chi connectivity index (χ0) is 19.5. The fourth-order valence-electron chi connectivity index (χ4n) is 2.90. The molecule has 0 fully saturated rings. The van der Waals surface area contributed by atoms with Gasteiger partial charge in [-0.15, -0.1) is 0 Å². The minimum absolute atomic E-state index is 0.179. The molecule has 0 atom stereocenters. The van der Waals surface area contributed by atoms with Gasteiger partial charge >= 0.3 is 0 Å². The molecule has 7 nitrogen and oxygen atoms in total. The van der Waals surface area contributed by atoms with Gasteiger partial charge in [0.1, 0.15) is 11.3 Å². The summed E-state index contributed by atoms with van der Waals surface area (Å²) >= 11 is 6.02. The van der Waals surface area contributed by atoms with Crippen molar-refractivity contribution < 1.29 is 9.21 Å². The van der Waals surface area contributed by atoms with Gasteiger partial charge in [-0.25, -0.2) is 9.97 Å². The summed E-state index contributed by atoms with van der Waals surface area (Å²) in [6, 6.07) is 12.8. The normalized spacial score (nSPS) is 11.1. The number of hydrogen-bond donors (Lipinski definition) is 2. The Bertz CT molecular complexity index is 1130. The van der Waals surface area contributed by atoms with E-state index in [0.29, 0.717) is 52.8 Å². The minimum atomic E-state index is -0.179. The molecule has 4 aromatic rings. The van der Waals surface area contributed by atoms with Gasteiger partial charge in [-0.1, -0.05) is 23.7 Å². The highest BCUT2D eigenvalue weighted by atomic mass is 35.5. The van der Waals surface area contributed by atoms with E-state index in [1.807, 2.05) is 31.2 Å². The lowest BCUT2D eigenvalue weighted by Crippen LogP contribution is -2.25. The Balaban J connectivity index is 1.42. The number of carbonyl (C=O) groups excluding carboxylic acids is 1. The van der Waals surface area contributed by atoms with Crippen molar-refractivity contribution in [3.63, 3.8) is 0 Å². The van der Waals surface area contributed by atoms with Crippen molar-refractivity contribution in [3.8, 4) is 0 Å². The van der Waals surface area contributed by atoms with Crippen LogP contribution in [0.25, 0.3) is 11.1 Å². The number of H-pyrrole nitrogens is 1. The first-order valence-corrected chi connectivity index (χ1v) is 9.24. The third kappa shape index (κ3) is 4.20. The molecule has 0 radical (unpaired) electrons. The van der Waals surface area contributed by atoms with Gasteiger partial charge in [0.05, 0.1) is 0 Å². The average molecular weight is 396 g/mol. The summed E-state index contributed by atoms with van der Waals surface area (Å²) < 4.78 is 5.82. The molecule has 0 aliphatic carbocycles. The van der Waals surface area contributed by atoms with Crippen LogP contribution in [0, 0.1) is 6.92 Å². The third-order valence-corrected chi connectivity index (χ3v) is 4.45. The summed E-state index contributed by atoms with van der Waals surface area (Å²) in [6.45, 7) is 2.28. The lowest BCUT2D eigenvalue weighted by molar-refractivity contribution is 0.0954. The summed E-state index contributed by atoms with van der Waals surface area (Å²) in [4.78, 5) is 21.1. The number of nitrogens with zero attached hydrogens (tertiary/aromatic N) is 3. The SMILES string of the molecule is Cc1nc(CCNC(=O)c2ccc3nc(Cc4cccc(Cl)c4)oc3c2)n[nH]1. The van der Waals surface area contributed by atoms with E-state index in [9.17, 15) is 4.79 Å². The van der Waals surface area contributed by atoms with Crippen molar-refractivity contribution in [1.82, 2.24) is 25.5 Å². The molecule has 0 bridgehead atoms. The monoisotopic (exact) mass is 395 g/mol. The first-order chi connectivity index (χ1) is 13.6. The third-order valence-electron chi connectivity index (χ3n) is 4.22. The van der Waals surface area contributed by atoms with Crippen LogP contribution in [0.4, 0.5) is 0 Å². The molecule has 4 rings (SSSR count). The van der Waals surface area contributed by atoms with Crippen molar-refractivity contribution in [2.45, 2.75) is 19.8 Å². The van der Waals surface area contributed by atoms with Crippen LogP contribution in [-0.4, -0.2) is 32.6 Å². The topological polar surface area (TPSA) is 96.7 Å². The molecule has 0 spiro atoms.